The summed E-state index contributed by atoms with van der Waals surface area (Å²) in [5.74, 6) is -4.41. The third kappa shape index (κ3) is 7.81. The van der Waals surface area contributed by atoms with E-state index in [2.05, 4.69) is 52.6 Å². The molecule has 0 radical (unpaired) electrons. The van der Waals surface area contributed by atoms with E-state index in [1.54, 1.807) is 0 Å². The van der Waals surface area contributed by atoms with Crippen LogP contribution in [0.5, 0.6) is 0 Å². The predicted octanol–water partition coefficient (Wildman–Crippen LogP) is 6.26. The van der Waals surface area contributed by atoms with E-state index in [4.69, 9.17) is 43.0 Å². The Morgan fingerprint density at radius 3 is 2.45 bits per heavy atom. The Kier molecular flexibility index (Phi) is 11.6. The molecular weight excluding hydrogens is 771 g/mol. The highest BCUT2D eigenvalue weighted by Gasteiger charge is 2.64. The second kappa shape index (κ2) is 16.0. The van der Waals surface area contributed by atoms with Crippen LogP contribution in [0.15, 0.2) is 36.5 Å². The molecule has 2 bridgehead atoms. The summed E-state index contributed by atoms with van der Waals surface area (Å²) in [6.45, 7) is 18.5. The van der Waals surface area contributed by atoms with Crippen molar-refractivity contribution in [1.29, 1.82) is 0 Å². The van der Waals surface area contributed by atoms with E-state index in [0.717, 1.165) is 37.8 Å². The average molecular weight is 842 g/mol. The molecule has 8 fully saturated rings. The van der Waals surface area contributed by atoms with Gasteiger partial charge in [-0.05, 0) is 73.8 Å². The maximum Gasteiger partial charge on any atom is 0.303 e. The molecule has 0 aromatic rings. The van der Waals surface area contributed by atoms with Gasteiger partial charge in [0.05, 0.1) is 42.7 Å². The Morgan fingerprint density at radius 1 is 0.867 bits per heavy atom. The molecule has 0 aromatic heterocycles. The topological polar surface area (TPSA) is 164 Å². The molecule has 0 saturated carbocycles. The summed E-state index contributed by atoms with van der Waals surface area (Å²) in [5, 5.41) is 37.3. The highest BCUT2D eigenvalue weighted by molar-refractivity contribution is 5.66. The number of ether oxygens (including phenoxy) is 8. The number of hydrogen-bond acceptors (Lipinski definition) is 12. The van der Waals surface area contributed by atoms with Gasteiger partial charge >= 0.3 is 5.97 Å². The molecule has 13 heteroatoms. The fraction of sp³-hybridized carbons (Fsp3) is 0.851. The molecule has 0 aliphatic carbocycles. The first kappa shape index (κ1) is 43.5. The van der Waals surface area contributed by atoms with E-state index < -0.39 is 53.2 Å². The van der Waals surface area contributed by atoms with Gasteiger partial charge in [-0.25, -0.2) is 0 Å². The number of nitrogens with one attached hydrogen (secondary N) is 1. The second-order valence-electron chi connectivity index (χ2n) is 20.9. The van der Waals surface area contributed by atoms with Crippen molar-refractivity contribution in [3.63, 3.8) is 0 Å². The Bertz CT molecular complexity index is 1690. The van der Waals surface area contributed by atoms with Gasteiger partial charge < -0.3 is 53.2 Å². The lowest BCUT2D eigenvalue weighted by Crippen LogP contribution is -2.62. The third-order valence-electron chi connectivity index (χ3n) is 15.9. The van der Waals surface area contributed by atoms with Gasteiger partial charge in [-0.3, -0.25) is 10.1 Å². The first-order valence-electron chi connectivity index (χ1n) is 23.3. The van der Waals surface area contributed by atoms with Crippen LogP contribution >= 0.6 is 0 Å². The second-order valence-corrected chi connectivity index (χ2v) is 20.9. The molecule has 9 rings (SSSR count). The van der Waals surface area contributed by atoms with E-state index in [0.29, 0.717) is 69.1 Å². The lowest BCUT2D eigenvalue weighted by Gasteiger charge is -2.53. The number of aliphatic hydroxyl groups is 2. The van der Waals surface area contributed by atoms with E-state index in [-0.39, 0.29) is 60.8 Å². The summed E-state index contributed by atoms with van der Waals surface area (Å²) in [6, 6.07) is 0. The Balaban J connectivity index is 0.846. The monoisotopic (exact) mass is 841 g/mol. The van der Waals surface area contributed by atoms with Crippen molar-refractivity contribution in [2.75, 3.05) is 6.54 Å². The van der Waals surface area contributed by atoms with Gasteiger partial charge in [-0.1, -0.05) is 66.3 Å². The molecule has 4 N–H and O–H groups in total. The molecule has 0 amide bonds. The quantitative estimate of drug-likeness (QED) is 0.193. The van der Waals surface area contributed by atoms with Gasteiger partial charge in [0.15, 0.2) is 23.1 Å². The van der Waals surface area contributed by atoms with Crippen molar-refractivity contribution in [3.8, 4) is 0 Å². The van der Waals surface area contributed by atoms with Gasteiger partial charge in [0.25, 0.3) is 0 Å². The molecule has 9 aliphatic heterocycles. The molecule has 9 aliphatic rings. The van der Waals surface area contributed by atoms with E-state index >= 15 is 0 Å². The summed E-state index contributed by atoms with van der Waals surface area (Å²) >= 11 is 0. The van der Waals surface area contributed by atoms with Crippen LogP contribution in [-0.2, 0) is 42.7 Å². The smallest absolute Gasteiger partial charge is 0.303 e. The third-order valence-corrected chi connectivity index (χ3v) is 15.9. The summed E-state index contributed by atoms with van der Waals surface area (Å²) in [6.07, 6.45) is 12.2. The van der Waals surface area contributed by atoms with Crippen molar-refractivity contribution in [2.24, 2.45) is 35.5 Å². The lowest BCUT2D eigenvalue weighted by atomic mass is 9.76. The number of allylic oxidation sites excluding steroid dienone is 1. The summed E-state index contributed by atoms with van der Waals surface area (Å²) < 4.78 is 54.1. The molecule has 1 unspecified atom stereocenters. The van der Waals surface area contributed by atoms with Crippen molar-refractivity contribution < 1.29 is 58.0 Å². The van der Waals surface area contributed by atoms with Crippen LogP contribution in [0.1, 0.15) is 125 Å². The van der Waals surface area contributed by atoms with E-state index in [9.17, 15) is 15.0 Å². The average Bonchev–Trinajstić information content (AvgIpc) is 3.87. The first-order valence-corrected chi connectivity index (χ1v) is 23.3. The van der Waals surface area contributed by atoms with Gasteiger partial charge in [0.2, 0.25) is 0 Å². The minimum Gasteiger partial charge on any atom is -0.481 e. The molecule has 8 saturated heterocycles. The van der Waals surface area contributed by atoms with Crippen LogP contribution in [0, 0.1) is 35.5 Å². The maximum absolute atomic E-state index is 12.4. The lowest BCUT2D eigenvalue weighted by molar-refractivity contribution is -0.367. The largest absolute Gasteiger partial charge is 0.481 e. The van der Waals surface area contributed by atoms with Crippen LogP contribution in [-0.4, -0.2) is 112 Å². The molecule has 13 nitrogen and oxygen atoms in total. The number of carboxylic acid groups (broad SMARTS) is 1. The zero-order chi connectivity index (χ0) is 42.4. The van der Waals surface area contributed by atoms with Gasteiger partial charge in [0.1, 0.15) is 17.9 Å². The highest BCUT2D eigenvalue weighted by Crippen LogP contribution is 2.55. The van der Waals surface area contributed by atoms with Crippen LogP contribution < -0.4 is 5.32 Å². The number of hydrogen-bond donors (Lipinski definition) is 4. The number of fused-ring (bicyclic) bond motifs is 5. The first-order chi connectivity index (χ1) is 28.4. The zero-order valence-corrected chi connectivity index (χ0v) is 36.6. The molecule has 9 heterocycles. The van der Waals surface area contributed by atoms with Crippen molar-refractivity contribution in [3.05, 3.63) is 36.5 Å². The number of aliphatic hydroxyl groups excluding tert-OH is 1. The number of carbonyl (C=O) groups is 1. The zero-order valence-electron chi connectivity index (χ0n) is 36.6. The number of piperidine rings is 1. The fourth-order valence-corrected chi connectivity index (χ4v) is 12.8. The van der Waals surface area contributed by atoms with Crippen LogP contribution in [0.4, 0.5) is 0 Å². The maximum atomic E-state index is 12.4. The van der Waals surface area contributed by atoms with Crippen molar-refractivity contribution in [2.45, 2.75) is 209 Å². The molecule has 336 valence electrons. The number of carboxylic acids is 1. The van der Waals surface area contributed by atoms with Crippen molar-refractivity contribution >= 4 is 5.97 Å². The van der Waals surface area contributed by atoms with Crippen LogP contribution in [0.25, 0.3) is 0 Å². The van der Waals surface area contributed by atoms with E-state index in [1.807, 2.05) is 25.2 Å². The molecule has 60 heavy (non-hydrogen) atoms. The highest BCUT2D eigenvalue weighted by atomic mass is 16.8. The molecular formula is C47H71NO12. The number of rotatable bonds is 9. The summed E-state index contributed by atoms with van der Waals surface area (Å²) in [7, 11) is 0. The standard InChI is InChI=1S/C47H71NO12/c1-26-18-36-41-38(24-45(58-41)30(5)17-27(2)25-48-45)56-44(22-26,55-36)23-29(4)40-28(3)19-32(7)47(52,59-40)42(51)37-21-35-34(53-37)20-31(6)46(57-35)16-15-43(60-46)14-10-12-33(54-43)11-8-9-13-39(49)50/h8,10-11,14,26-28,30-38,40-42,48,51-52H,4,9,12-13,15-25H2,1-3,5-7H3,(H,49,50)/b11-8+/t26-,27+,28+,30-,31+,32-,33-,34+,35+,36-,37-,38+,40+,41+,42+,43+,44-,45?,46-,47-/m1/s1. The van der Waals surface area contributed by atoms with E-state index in [1.165, 1.54) is 0 Å². The van der Waals surface area contributed by atoms with Gasteiger partial charge in [-0.15, -0.1) is 0 Å². The SMILES string of the molecule is C=C(C[C@]12C[C@H](C)C[C@@H](O1)[C@@H]1OC3(C[C@@H]1O2)NC[C@@H](C)C[C@H]3C)[C@H]1O[C@@](O)([C@@H](O)[C@H]2C[C@@H]3O[C@@]4(CC[C@]5(C=CC[C@@H](/C=C/CCC(=O)O)O5)O4)[C@@H](C)C[C@@H]3O2)[C@H](C)C[C@@H]1C. The minimum atomic E-state index is -1.88. The summed E-state index contributed by atoms with van der Waals surface area (Å²) in [5.41, 5.74) is 0.390. The normalized spacial score (nSPS) is 52.9. The van der Waals surface area contributed by atoms with Crippen LogP contribution in [0.3, 0.4) is 0 Å². The van der Waals surface area contributed by atoms with Crippen LogP contribution in [0.2, 0.25) is 0 Å². The van der Waals surface area contributed by atoms with Crippen molar-refractivity contribution in [1.82, 2.24) is 5.32 Å². The van der Waals surface area contributed by atoms with Gasteiger partial charge in [-0.2, -0.15) is 0 Å². The predicted molar refractivity (Wildman–Crippen MR) is 219 cm³/mol. The Morgan fingerprint density at radius 2 is 1.67 bits per heavy atom. The Hall–Kier alpha value is -1.75. The van der Waals surface area contributed by atoms with Gasteiger partial charge in [0, 0.05) is 63.3 Å². The molecule has 3 spiro atoms. The molecule has 0 aromatic carbocycles. The fourth-order valence-electron chi connectivity index (χ4n) is 12.8. The number of aliphatic carboxylic acids is 1. The molecule has 20 atom stereocenters. The minimum absolute atomic E-state index is 0.0210. The Labute approximate surface area is 355 Å². The summed E-state index contributed by atoms with van der Waals surface area (Å²) in [4.78, 5) is 11.0.